The largest absolute Gasteiger partial charge is 0.397 e. The molecule has 3 N–H and O–H groups in total. The number of carbonyl (C=O) groups excluding carboxylic acids is 1. The Morgan fingerprint density at radius 3 is 2.76 bits per heavy atom. The van der Waals surface area contributed by atoms with E-state index in [0.717, 1.165) is 0 Å². The Morgan fingerprint density at radius 2 is 2.18 bits per heavy atom. The summed E-state index contributed by atoms with van der Waals surface area (Å²) in [5.41, 5.74) is 8.59. The molecule has 1 amide bonds. The Balaban J connectivity index is 2.53. The molecule has 0 radical (unpaired) electrons. The van der Waals surface area contributed by atoms with Crippen LogP contribution in [-0.2, 0) is 0 Å². The van der Waals surface area contributed by atoms with Crippen molar-refractivity contribution in [3.05, 3.63) is 28.9 Å². The van der Waals surface area contributed by atoms with Crippen molar-refractivity contribution in [2.75, 3.05) is 19.8 Å². The molecule has 1 aromatic heterocycles. The van der Waals surface area contributed by atoms with E-state index in [9.17, 15) is 9.18 Å². The first-order valence-electron chi connectivity index (χ1n) is 4.95. The van der Waals surface area contributed by atoms with Crippen LogP contribution in [0.2, 0.25) is 0 Å². The Hall–Kier alpha value is -1.66. The summed E-state index contributed by atoms with van der Waals surface area (Å²) in [6.07, 6.45) is 0. The molecule has 0 unspecified atom stereocenters. The van der Waals surface area contributed by atoms with Gasteiger partial charge in [0, 0.05) is 18.8 Å². The van der Waals surface area contributed by atoms with Gasteiger partial charge < -0.3 is 5.73 Å². The number of carbonyl (C=O) groups is 1. The van der Waals surface area contributed by atoms with E-state index in [0.29, 0.717) is 15.0 Å². The molecule has 2 aromatic rings. The summed E-state index contributed by atoms with van der Waals surface area (Å²) >= 11 is 1.18. The van der Waals surface area contributed by atoms with E-state index in [4.69, 9.17) is 5.73 Å². The van der Waals surface area contributed by atoms with Crippen LogP contribution < -0.4 is 11.2 Å². The predicted octanol–water partition coefficient (Wildman–Crippen LogP) is 1.83. The second-order valence-electron chi connectivity index (χ2n) is 3.79. The molecule has 0 aliphatic carbocycles. The number of hydrogen-bond donors (Lipinski definition) is 2. The third kappa shape index (κ3) is 2.09. The third-order valence-corrected chi connectivity index (χ3v) is 3.40. The number of rotatable bonds is 2. The fourth-order valence-electron chi connectivity index (χ4n) is 1.55. The van der Waals surface area contributed by atoms with Crippen molar-refractivity contribution in [3.63, 3.8) is 0 Å². The highest BCUT2D eigenvalue weighted by atomic mass is 32.1. The number of hydrazine groups is 1. The van der Waals surface area contributed by atoms with Gasteiger partial charge in [-0.1, -0.05) is 6.07 Å². The second kappa shape index (κ2) is 4.31. The molecule has 0 spiro atoms. The van der Waals surface area contributed by atoms with Crippen molar-refractivity contribution >= 4 is 33.0 Å². The molecule has 4 nitrogen and oxygen atoms in total. The fourth-order valence-corrected chi connectivity index (χ4v) is 2.58. The zero-order valence-corrected chi connectivity index (χ0v) is 10.3. The average Bonchev–Trinajstić information content (AvgIpc) is 2.56. The highest BCUT2D eigenvalue weighted by Crippen LogP contribution is 2.35. The number of nitrogens with two attached hydrogens (primary N) is 1. The van der Waals surface area contributed by atoms with E-state index in [-0.39, 0.29) is 11.6 Å². The van der Waals surface area contributed by atoms with Gasteiger partial charge in [-0.3, -0.25) is 10.2 Å². The van der Waals surface area contributed by atoms with Gasteiger partial charge in [-0.25, -0.2) is 9.40 Å². The molecule has 90 valence electrons. The fraction of sp³-hybridized carbons (Fsp3) is 0.182. The summed E-state index contributed by atoms with van der Waals surface area (Å²) in [6.45, 7) is 0. The number of fused-ring (bicyclic) bond motifs is 1. The standard InChI is InChI=1S/C11H12FN3OS/c1-15(2)14-11(16)10-9(13)8-6(12)4-3-5-7(8)17-10/h3-5H,13H2,1-2H3,(H,14,16). The van der Waals surface area contributed by atoms with Gasteiger partial charge in [-0.2, -0.15) is 0 Å². The van der Waals surface area contributed by atoms with E-state index < -0.39 is 5.82 Å². The zero-order chi connectivity index (χ0) is 12.6. The number of hydrogen-bond acceptors (Lipinski definition) is 4. The molecule has 6 heteroatoms. The van der Waals surface area contributed by atoms with Crippen molar-refractivity contribution < 1.29 is 9.18 Å². The summed E-state index contributed by atoms with van der Waals surface area (Å²) in [6, 6.07) is 4.67. The van der Waals surface area contributed by atoms with Crippen LogP contribution in [0.5, 0.6) is 0 Å². The van der Waals surface area contributed by atoms with Crippen LogP contribution in [0.3, 0.4) is 0 Å². The van der Waals surface area contributed by atoms with Crippen LogP contribution in [-0.4, -0.2) is 25.0 Å². The van der Waals surface area contributed by atoms with Crippen LogP contribution in [0, 0.1) is 5.82 Å². The Morgan fingerprint density at radius 1 is 1.47 bits per heavy atom. The van der Waals surface area contributed by atoms with E-state index in [1.165, 1.54) is 22.4 Å². The minimum Gasteiger partial charge on any atom is -0.397 e. The number of nitrogens with one attached hydrogen (secondary N) is 1. The first-order chi connectivity index (χ1) is 8.00. The van der Waals surface area contributed by atoms with Gasteiger partial charge in [-0.15, -0.1) is 11.3 Å². The molecule has 17 heavy (non-hydrogen) atoms. The van der Waals surface area contributed by atoms with Gasteiger partial charge in [0.1, 0.15) is 10.7 Å². The first kappa shape index (κ1) is 11.8. The summed E-state index contributed by atoms with van der Waals surface area (Å²) in [5, 5.41) is 1.84. The molecule has 0 saturated carbocycles. The van der Waals surface area contributed by atoms with Crippen LogP contribution in [0.1, 0.15) is 9.67 Å². The summed E-state index contributed by atoms with van der Waals surface area (Å²) in [4.78, 5) is 12.1. The topological polar surface area (TPSA) is 58.4 Å². The van der Waals surface area contributed by atoms with Crippen molar-refractivity contribution in [2.24, 2.45) is 0 Å². The molecule has 0 bridgehead atoms. The van der Waals surface area contributed by atoms with Gasteiger partial charge in [0.05, 0.1) is 11.1 Å². The van der Waals surface area contributed by atoms with Crippen molar-refractivity contribution in [1.29, 1.82) is 0 Å². The van der Waals surface area contributed by atoms with Crippen LogP contribution >= 0.6 is 11.3 Å². The lowest BCUT2D eigenvalue weighted by atomic mass is 10.2. The number of amides is 1. The quantitative estimate of drug-likeness (QED) is 0.803. The average molecular weight is 253 g/mol. The number of thiophene rings is 1. The molecule has 2 rings (SSSR count). The van der Waals surface area contributed by atoms with Crippen LogP contribution in [0.15, 0.2) is 18.2 Å². The highest BCUT2D eigenvalue weighted by molar-refractivity contribution is 7.21. The Bertz CT molecular complexity index is 579. The van der Waals surface area contributed by atoms with Gasteiger partial charge >= 0.3 is 0 Å². The predicted molar refractivity (Wildman–Crippen MR) is 67.3 cm³/mol. The second-order valence-corrected chi connectivity index (χ2v) is 4.85. The number of benzene rings is 1. The van der Waals surface area contributed by atoms with Crippen molar-refractivity contribution in [1.82, 2.24) is 10.4 Å². The molecule has 0 aliphatic rings. The van der Waals surface area contributed by atoms with E-state index in [1.54, 1.807) is 26.2 Å². The lowest BCUT2D eigenvalue weighted by Gasteiger charge is -2.10. The zero-order valence-electron chi connectivity index (χ0n) is 9.45. The Labute approximate surface area is 102 Å². The molecule has 1 heterocycles. The molecule has 0 atom stereocenters. The minimum absolute atomic E-state index is 0.197. The minimum atomic E-state index is -0.403. The SMILES string of the molecule is CN(C)NC(=O)c1sc2cccc(F)c2c1N. The van der Waals surface area contributed by atoms with Gasteiger partial charge in [-0.05, 0) is 12.1 Å². The van der Waals surface area contributed by atoms with Gasteiger partial charge in [0.2, 0.25) is 0 Å². The molecular formula is C11H12FN3OS. The van der Waals surface area contributed by atoms with Gasteiger partial charge in [0.25, 0.3) is 5.91 Å². The maximum absolute atomic E-state index is 13.6. The smallest absolute Gasteiger partial charge is 0.277 e. The summed E-state index contributed by atoms with van der Waals surface area (Å²) in [5.74, 6) is -0.728. The van der Waals surface area contributed by atoms with Crippen molar-refractivity contribution in [3.8, 4) is 0 Å². The first-order valence-corrected chi connectivity index (χ1v) is 5.77. The van der Waals surface area contributed by atoms with E-state index in [2.05, 4.69) is 5.43 Å². The molecular weight excluding hydrogens is 241 g/mol. The lowest BCUT2D eigenvalue weighted by molar-refractivity contribution is 0.0862. The van der Waals surface area contributed by atoms with E-state index in [1.807, 2.05) is 0 Å². The van der Waals surface area contributed by atoms with Crippen molar-refractivity contribution in [2.45, 2.75) is 0 Å². The number of nitrogen functional groups attached to an aromatic ring is 1. The molecule has 0 fully saturated rings. The number of nitrogens with zero attached hydrogens (tertiary/aromatic N) is 1. The normalized spacial score (nSPS) is 11.1. The number of halogens is 1. The van der Waals surface area contributed by atoms with Crippen LogP contribution in [0.4, 0.5) is 10.1 Å². The van der Waals surface area contributed by atoms with Crippen LogP contribution in [0.25, 0.3) is 10.1 Å². The maximum Gasteiger partial charge on any atom is 0.277 e. The lowest BCUT2D eigenvalue weighted by Crippen LogP contribution is -2.35. The monoisotopic (exact) mass is 253 g/mol. The number of anilines is 1. The molecule has 1 aromatic carbocycles. The summed E-state index contributed by atoms with van der Waals surface area (Å²) in [7, 11) is 3.39. The summed E-state index contributed by atoms with van der Waals surface area (Å²) < 4.78 is 14.2. The Kier molecular flexibility index (Phi) is 2.99. The van der Waals surface area contributed by atoms with Gasteiger partial charge in [0.15, 0.2) is 0 Å². The molecule has 0 aliphatic heterocycles. The van der Waals surface area contributed by atoms with E-state index >= 15 is 0 Å². The third-order valence-electron chi connectivity index (χ3n) is 2.23. The maximum atomic E-state index is 13.6. The highest BCUT2D eigenvalue weighted by Gasteiger charge is 2.18. The molecule has 0 saturated heterocycles.